The molecule has 0 unspecified atom stereocenters. The van der Waals surface area contributed by atoms with Crippen LogP contribution in [-0.4, -0.2) is 72.4 Å². The quantitative estimate of drug-likeness (QED) is 0.141. The van der Waals surface area contributed by atoms with Crippen molar-refractivity contribution < 1.29 is 24.2 Å². The number of amides is 1. The molecule has 3 rings (SSSR count). The van der Waals surface area contributed by atoms with Gasteiger partial charge in [-0.15, -0.1) is 0 Å². The molecule has 1 fully saturated rings. The summed E-state index contributed by atoms with van der Waals surface area (Å²) >= 11 is 0. The topological polar surface area (TPSA) is 165 Å². The summed E-state index contributed by atoms with van der Waals surface area (Å²) in [4.78, 5) is 28.6. The third-order valence-corrected chi connectivity index (χ3v) is 5.96. The van der Waals surface area contributed by atoms with Crippen LogP contribution in [0.25, 0.3) is 0 Å². The lowest BCUT2D eigenvalue weighted by molar-refractivity contribution is -0.141. The highest BCUT2D eigenvalue weighted by atomic mass is 16.5. The van der Waals surface area contributed by atoms with Gasteiger partial charge in [0.15, 0.2) is 0 Å². The number of nitrogens with zero attached hydrogens (tertiary/aromatic N) is 2. The van der Waals surface area contributed by atoms with Crippen LogP contribution >= 0.6 is 0 Å². The normalized spacial score (nSPS) is 13.5. The smallest absolute Gasteiger partial charge is 0.325 e. The van der Waals surface area contributed by atoms with Gasteiger partial charge < -0.3 is 35.4 Å². The number of amidine groups is 2. The summed E-state index contributed by atoms with van der Waals surface area (Å²) in [6.45, 7) is 4.94. The third-order valence-electron chi connectivity index (χ3n) is 5.96. The first-order valence-electron chi connectivity index (χ1n) is 12.1. The molecule has 0 atom stereocenters. The van der Waals surface area contributed by atoms with Crippen molar-refractivity contribution >= 4 is 34.9 Å². The van der Waals surface area contributed by atoms with Gasteiger partial charge in [0.1, 0.15) is 30.0 Å². The standard InChI is InChI=1S/C26H34N6O5/c1-3-36-25(35)16-32(15-24(34)30-22-14-18(26(28)29)4-9-23(22)33)19-5-7-20(8-6-19)37-21-10-12-31(13-11-21)17(2)27/h4-9,14,21,27,33H,3,10-13,15-16H2,1-2H3,(H3,28,29)(H,30,34). The molecular formula is C26H34N6O5. The van der Waals surface area contributed by atoms with Gasteiger partial charge in [-0.05, 0) is 56.3 Å². The summed E-state index contributed by atoms with van der Waals surface area (Å²) < 4.78 is 11.2. The molecule has 0 aliphatic carbocycles. The fourth-order valence-corrected chi connectivity index (χ4v) is 4.00. The molecule has 11 heteroatoms. The maximum Gasteiger partial charge on any atom is 0.325 e. The molecule has 0 saturated carbocycles. The van der Waals surface area contributed by atoms with Crippen molar-refractivity contribution in [2.75, 3.05) is 43.0 Å². The van der Waals surface area contributed by atoms with Crippen molar-refractivity contribution in [1.29, 1.82) is 10.8 Å². The van der Waals surface area contributed by atoms with E-state index in [-0.39, 0.29) is 43.1 Å². The molecule has 6 N–H and O–H groups in total. The van der Waals surface area contributed by atoms with Crippen LogP contribution in [0.4, 0.5) is 11.4 Å². The number of nitrogens with two attached hydrogens (primary N) is 1. The van der Waals surface area contributed by atoms with Crippen LogP contribution in [-0.2, 0) is 14.3 Å². The Hall–Kier alpha value is -4.28. The zero-order valence-electron chi connectivity index (χ0n) is 21.1. The van der Waals surface area contributed by atoms with Gasteiger partial charge in [0, 0.05) is 37.2 Å². The summed E-state index contributed by atoms with van der Waals surface area (Å²) in [5.41, 5.74) is 6.58. The molecule has 2 aromatic rings. The van der Waals surface area contributed by atoms with Crippen LogP contribution in [0, 0.1) is 10.8 Å². The number of hydrogen-bond acceptors (Lipinski definition) is 8. The highest BCUT2D eigenvalue weighted by molar-refractivity contribution is 6.00. The number of esters is 1. The number of likely N-dealkylation sites (tertiary alicyclic amines) is 1. The second-order valence-electron chi connectivity index (χ2n) is 8.74. The number of piperidine rings is 1. The monoisotopic (exact) mass is 510 g/mol. The minimum Gasteiger partial charge on any atom is -0.506 e. The number of benzene rings is 2. The van der Waals surface area contributed by atoms with Crippen molar-refractivity contribution in [3.05, 3.63) is 48.0 Å². The Morgan fingerprint density at radius 1 is 1.14 bits per heavy atom. The Morgan fingerprint density at radius 3 is 2.41 bits per heavy atom. The van der Waals surface area contributed by atoms with E-state index >= 15 is 0 Å². The van der Waals surface area contributed by atoms with E-state index in [1.807, 2.05) is 4.90 Å². The average Bonchev–Trinajstić information content (AvgIpc) is 2.86. The van der Waals surface area contributed by atoms with Gasteiger partial charge in [-0.3, -0.25) is 20.4 Å². The summed E-state index contributed by atoms with van der Waals surface area (Å²) in [5, 5.41) is 28.0. The van der Waals surface area contributed by atoms with Gasteiger partial charge in [0.05, 0.1) is 24.7 Å². The SMILES string of the molecule is CCOC(=O)CN(CC(=O)Nc1cc(C(=N)N)ccc1O)c1ccc(OC2CCN(C(C)=N)CC2)cc1. The van der Waals surface area contributed by atoms with E-state index in [2.05, 4.69) is 5.32 Å². The maximum atomic E-state index is 12.8. The van der Waals surface area contributed by atoms with Gasteiger partial charge in [0.25, 0.3) is 0 Å². The molecule has 11 nitrogen and oxygen atoms in total. The summed E-state index contributed by atoms with van der Waals surface area (Å²) in [6, 6.07) is 11.4. The second kappa shape index (κ2) is 12.6. The molecule has 0 bridgehead atoms. The number of nitrogens with one attached hydrogen (secondary N) is 3. The molecule has 0 aromatic heterocycles. The predicted molar refractivity (Wildman–Crippen MR) is 142 cm³/mol. The van der Waals surface area contributed by atoms with Gasteiger partial charge in [0.2, 0.25) is 5.91 Å². The van der Waals surface area contributed by atoms with Crippen LogP contribution in [0.3, 0.4) is 0 Å². The minimum atomic E-state index is -0.481. The zero-order valence-corrected chi connectivity index (χ0v) is 21.1. The third kappa shape index (κ3) is 7.86. The van der Waals surface area contributed by atoms with E-state index in [0.717, 1.165) is 25.9 Å². The highest BCUT2D eigenvalue weighted by Gasteiger charge is 2.21. The first-order valence-corrected chi connectivity index (χ1v) is 12.1. The van der Waals surface area contributed by atoms with Crippen molar-refractivity contribution in [3.8, 4) is 11.5 Å². The van der Waals surface area contributed by atoms with Crippen LogP contribution in [0.1, 0.15) is 32.3 Å². The average molecular weight is 511 g/mol. The summed E-state index contributed by atoms with van der Waals surface area (Å²) in [5.74, 6) is -0.0784. The number of aromatic hydroxyl groups is 1. The molecule has 198 valence electrons. The number of anilines is 2. The number of carbonyl (C=O) groups excluding carboxylic acids is 2. The van der Waals surface area contributed by atoms with Gasteiger partial charge in [-0.25, -0.2) is 0 Å². The first kappa shape index (κ1) is 27.3. The van der Waals surface area contributed by atoms with Crippen molar-refractivity contribution in [2.24, 2.45) is 5.73 Å². The van der Waals surface area contributed by atoms with Crippen molar-refractivity contribution in [2.45, 2.75) is 32.8 Å². The van der Waals surface area contributed by atoms with Crippen LogP contribution in [0.2, 0.25) is 0 Å². The van der Waals surface area contributed by atoms with E-state index in [9.17, 15) is 14.7 Å². The second-order valence-corrected chi connectivity index (χ2v) is 8.74. The Labute approximate surface area is 216 Å². The lowest BCUT2D eigenvalue weighted by atomic mass is 10.1. The molecule has 0 spiro atoms. The Kier molecular flexibility index (Phi) is 9.31. The molecule has 1 saturated heterocycles. The minimum absolute atomic E-state index is 0.0568. The number of nitrogen functional groups attached to an aromatic ring is 1. The van der Waals surface area contributed by atoms with E-state index in [1.54, 1.807) is 43.0 Å². The van der Waals surface area contributed by atoms with Crippen LogP contribution in [0.5, 0.6) is 11.5 Å². The summed E-state index contributed by atoms with van der Waals surface area (Å²) in [7, 11) is 0. The Bertz CT molecular complexity index is 1130. The predicted octanol–water partition coefficient (Wildman–Crippen LogP) is 2.52. The molecule has 37 heavy (non-hydrogen) atoms. The number of phenolic OH excluding ortho intramolecular Hbond substituents is 1. The number of hydrogen-bond donors (Lipinski definition) is 5. The van der Waals surface area contributed by atoms with Gasteiger partial charge in [-0.2, -0.15) is 0 Å². The molecule has 1 heterocycles. The van der Waals surface area contributed by atoms with E-state index in [1.165, 1.54) is 18.2 Å². The van der Waals surface area contributed by atoms with Gasteiger partial charge >= 0.3 is 5.97 Å². The number of phenols is 1. The number of ether oxygens (including phenoxy) is 2. The molecule has 2 aromatic carbocycles. The summed E-state index contributed by atoms with van der Waals surface area (Å²) in [6.07, 6.45) is 1.71. The first-order chi connectivity index (χ1) is 17.7. The van der Waals surface area contributed by atoms with Crippen molar-refractivity contribution in [3.63, 3.8) is 0 Å². The molecule has 1 amide bonds. The fourth-order valence-electron chi connectivity index (χ4n) is 4.00. The Balaban J connectivity index is 1.68. The number of carbonyl (C=O) groups is 2. The molecule has 0 radical (unpaired) electrons. The molecule has 1 aliphatic heterocycles. The van der Waals surface area contributed by atoms with Crippen molar-refractivity contribution in [1.82, 2.24) is 4.90 Å². The molecular weight excluding hydrogens is 476 g/mol. The lowest BCUT2D eigenvalue weighted by Gasteiger charge is -2.33. The van der Waals surface area contributed by atoms with Crippen LogP contribution in [0.15, 0.2) is 42.5 Å². The highest BCUT2D eigenvalue weighted by Crippen LogP contribution is 2.26. The van der Waals surface area contributed by atoms with E-state index in [0.29, 0.717) is 22.8 Å². The zero-order chi connectivity index (χ0) is 26.9. The van der Waals surface area contributed by atoms with E-state index < -0.39 is 11.9 Å². The Morgan fingerprint density at radius 2 is 1.81 bits per heavy atom. The largest absolute Gasteiger partial charge is 0.506 e. The fraction of sp³-hybridized carbons (Fsp3) is 0.385. The molecule has 1 aliphatic rings. The van der Waals surface area contributed by atoms with Gasteiger partial charge in [-0.1, -0.05) is 0 Å². The van der Waals surface area contributed by atoms with E-state index in [4.69, 9.17) is 26.0 Å². The maximum absolute atomic E-state index is 12.8. The lowest BCUT2D eigenvalue weighted by Crippen LogP contribution is -2.40. The number of rotatable bonds is 10. The van der Waals surface area contributed by atoms with Crippen LogP contribution < -0.4 is 20.7 Å².